The number of methoxy groups -OCH3 is 1. The summed E-state index contributed by atoms with van der Waals surface area (Å²) in [6, 6.07) is 3.45. The summed E-state index contributed by atoms with van der Waals surface area (Å²) in [5.74, 6) is -1.81. The molecule has 5 nitrogen and oxygen atoms in total. The van der Waals surface area contributed by atoms with Crippen LogP contribution in [0.25, 0.3) is 0 Å². The van der Waals surface area contributed by atoms with E-state index >= 15 is 0 Å². The van der Waals surface area contributed by atoms with Crippen LogP contribution >= 0.6 is 11.3 Å². The zero-order valence-corrected chi connectivity index (χ0v) is 14.2. The van der Waals surface area contributed by atoms with E-state index in [2.05, 4.69) is 10.1 Å². The van der Waals surface area contributed by atoms with Crippen LogP contribution in [0.5, 0.6) is 0 Å². The van der Waals surface area contributed by atoms with Crippen LogP contribution in [0.3, 0.4) is 0 Å². The molecule has 0 fully saturated rings. The van der Waals surface area contributed by atoms with Crippen molar-refractivity contribution in [2.45, 2.75) is 19.4 Å². The number of ether oxygens (including phenoxy) is 1. The largest absolute Gasteiger partial charge is 1.00 e. The van der Waals surface area contributed by atoms with Crippen molar-refractivity contribution in [2.24, 2.45) is 0 Å². The Kier molecular flexibility index (Phi) is 7.36. The first-order valence-corrected chi connectivity index (χ1v) is 6.08. The predicted octanol–water partition coefficient (Wildman–Crippen LogP) is -2.62. The van der Waals surface area contributed by atoms with Crippen molar-refractivity contribution in [2.75, 3.05) is 7.11 Å². The summed E-state index contributed by atoms with van der Waals surface area (Å²) in [6.45, 7) is 3.08. The average molecular weight is 291 g/mol. The van der Waals surface area contributed by atoms with Gasteiger partial charge in [-0.25, -0.2) is 4.79 Å². The van der Waals surface area contributed by atoms with Crippen molar-refractivity contribution in [1.29, 1.82) is 0 Å². The van der Waals surface area contributed by atoms with E-state index in [0.717, 1.165) is 0 Å². The molecular formula is C12H14NNaO4S. The van der Waals surface area contributed by atoms with Crippen molar-refractivity contribution >= 4 is 23.3 Å². The molecule has 0 bridgehead atoms. The van der Waals surface area contributed by atoms with Gasteiger partial charge in [-0.05, 0) is 25.3 Å². The van der Waals surface area contributed by atoms with E-state index in [0.29, 0.717) is 10.6 Å². The van der Waals surface area contributed by atoms with Crippen molar-refractivity contribution in [1.82, 2.24) is 5.32 Å². The molecule has 19 heavy (non-hydrogen) atoms. The number of allylic oxidation sites excluding steroid dienone is 1. The molecule has 0 aromatic carbocycles. The smallest absolute Gasteiger partial charge is 0.547 e. The Morgan fingerprint density at radius 3 is 2.58 bits per heavy atom. The van der Waals surface area contributed by atoms with Crippen molar-refractivity contribution in [3.63, 3.8) is 0 Å². The van der Waals surface area contributed by atoms with E-state index in [4.69, 9.17) is 0 Å². The Morgan fingerprint density at radius 2 is 2.16 bits per heavy atom. The fourth-order valence-electron chi connectivity index (χ4n) is 1.44. The normalized spacial score (nSPS) is 13.9. The third-order valence-electron chi connectivity index (χ3n) is 2.40. The van der Waals surface area contributed by atoms with Gasteiger partial charge in [0.15, 0.2) is 0 Å². The van der Waals surface area contributed by atoms with Gasteiger partial charge in [-0.15, -0.1) is 11.3 Å². The van der Waals surface area contributed by atoms with E-state index in [1.807, 2.05) is 0 Å². The van der Waals surface area contributed by atoms with Gasteiger partial charge < -0.3 is 20.0 Å². The number of thiophene rings is 1. The summed E-state index contributed by atoms with van der Waals surface area (Å²) in [5, 5.41) is 15.8. The first-order chi connectivity index (χ1) is 8.40. The Hall–Kier alpha value is -0.820. The molecule has 1 atom stereocenters. The second-order valence-corrected chi connectivity index (χ2v) is 4.81. The summed E-state index contributed by atoms with van der Waals surface area (Å²) in [7, 11) is 1.25. The van der Waals surface area contributed by atoms with E-state index in [1.165, 1.54) is 31.4 Å². The van der Waals surface area contributed by atoms with Gasteiger partial charge in [-0.3, -0.25) is 0 Å². The third-order valence-corrected chi connectivity index (χ3v) is 3.50. The van der Waals surface area contributed by atoms with Crippen LogP contribution in [0.1, 0.15) is 18.7 Å². The van der Waals surface area contributed by atoms with Crippen LogP contribution in [-0.2, 0) is 19.9 Å². The van der Waals surface area contributed by atoms with Gasteiger partial charge in [0.25, 0.3) is 0 Å². The quantitative estimate of drug-likeness (QED) is 0.365. The molecule has 0 aliphatic heterocycles. The topological polar surface area (TPSA) is 78.5 Å². The molecule has 1 rings (SSSR count). The molecule has 0 radical (unpaired) electrons. The molecule has 7 heteroatoms. The zero-order valence-electron chi connectivity index (χ0n) is 11.4. The minimum absolute atomic E-state index is 0. The maximum Gasteiger partial charge on any atom is 1.00 e. The molecule has 1 heterocycles. The molecule has 0 saturated carbocycles. The minimum Gasteiger partial charge on any atom is -0.547 e. The maximum atomic E-state index is 11.3. The van der Waals surface area contributed by atoms with Gasteiger partial charge in [0.05, 0.1) is 13.1 Å². The van der Waals surface area contributed by atoms with Gasteiger partial charge in [0, 0.05) is 16.7 Å². The SMILES string of the molecule is COC(=O)C=C(C)NC(C)(C(=O)[O-])c1cccs1.[Na+]. The Bertz CT molecular complexity index is 472. The second-order valence-electron chi connectivity index (χ2n) is 3.87. The third kappa shape index (κ3) is 4.65. The van der Waals surface area contributed by atoms with Gasteiger partial charge in [-0.2, -0.15) is 0 Å². The van der Waals surface area contributed by atoms with Gasteiger partial charge in [-0.1, -0.05) is 6.07 Å². The minimum atomic E-state index is -1.37. The predicted molar refractivity (Wildman–Crippen MR) is 65.6 cm³/mol. The molecule has 0 amide bonds. The number of nitrogens with one attached hydrogen (secondary N) is 1. The Labute approximate surface area is 137 Å². The fraction of sp³-hybridized carbons (Fsp3) is 0.333. The first-order valence-electron chi connectivity index (χ1n) is 5.20. The molecule has 0 saturated heterocycles. The molecule has 98 valence electrons. The number of carboxylic acid groups (broad SMARTS) is 1. The van der Waals surface area contributed by atoms with E-state index in [9.17, 15) is 14.7 Å². The van der Waals surface area contributed by atoms with Gasteiger partial charge in [0.2, 0.25) is 0 Å². The number of esters is 1. The molecule has 1 N–H and O–H groups in total. The molecule has 0 aliphatic rings. The van der Waals surface area contributed by atoms with Crippen LogP contribution in [-0.4, -0.2) is 19.0 Å². The number of aliphatic carboxylic acids is 1. The van der Waals surface area contributed by atoms with Crippen molar-refractivity contribution in [3.8, 4) is 0 Å². The van der Waals surface area contributed by atoms with Crippen LogP contribution in [0.2, 0.25) is 0 Å². The van der Waals surface area contributed by atoms with Crippen LogP contribution in [0.4, 0.5) is 0 Å². The molecule has 1 aromatic heterocycles. The number of hydrogen-bond donors (Lipinski definition) is 1. The van der Waals surface area contributed by atoms with Crippen molar-refractivity contribution in [3.05, 3.63) is 34.2 Å². The van der Waals surface area contributed by atoms with Crippen molar-refractivity contribution < 1.29 is 49.0 Å². The number of rotatable bonds is 5. The van der Waals surface area contributed by atoms with Crippen LogP contribution in [0.15, 0.2) is 29.3 Å². The summed E-state index contributed by atoms with van der Waals surface area (Å²) in [5.41, 5.74) is -0.982. The Morgan fingerprint density at radius 1 is 1.53 bits per heavy atom. The van der Waals surface area contributed by atoms with Crippen LogP contribution < -0.4 is 40.0 Å². The van der Waals surface area contributed by atoms with E-state index in [-0.39, 0.29) is 29.6 Å². The molecular weight excluding hydrogens is 277 g/mol. The standard InChI is InChI=1S/C12H15NO4S.Na/c1-8(7-10(14)17-3)13-12(2,11(15)16)9-5-4-6-18-9;/h4-7,13H,1-3H3,(H,15,16);/q;+1/p-1. The number of carbonyl (C=O) groups excluding carboxylic acids is 2. The van der Waals surface area contributed by atoms with Crippen LogP contribution in [0, 0.1) is 0 Å². The average Bonchev–Trinajstić information content (AvgIpc) is 2.81. The summed E-state index contributed by atoms with van der Waals surface area (Å²) < 4.78 is 4.47. The first kappa shape index (κ1) is 18.2. The number of carboxylic acids is 1. The van der Waals surface area contributed by atoms with E-state index < -0.39 is 17.5 Å². The molecule has 0 spiro atoms. The summed E-state index contributed by atoms with van der Waals surface area (Å²) in [6.07, 6.45) is 1.19. The molecule has 1 aromatic rings. The summed E-state index contributed by atoms with van der Waals surface area (Å²) >= 11 is 1.30. The number of hydrogen-bond acceptors (Lipinski definition) is 6. The molecule has 1 unspecified atom stereocenters. The fourth-order valence-corrected chi connectivity index (χ4v) is 2.27. The zero-order chi connectivity index (χ0) is 13.8. The van der Waals surface area contributed by atoms with Gasteiger partial charge >= 0.3 is 35.5 Å². The van der Waals surface area contributed by atoms with E-state index in [1.54, 1.807) is 24.4 Å². The van der Waals surface area contributed by atoms with Gasteiger partial charge in [0.1, 0.15) is 5.54 Å². The monoisotopic (exact) mass is 291 g/mol. The maximum absolute atomic E-state index is 11.3. The number of carbonyl (C=O) groups is 2. The molecule has 0 aliphatic carbocycles. The Balaban J connectivity index is 0.00000324. The summed E-state index contributed by atoms with van der Waals surface area (Å²) in [4.78, 5) is 23.0. The second kappa shape index (κ2) is 7.69.